The summed E-state index contributed by atoms with van der Waals surface area (Å²) in [6, 6.07) is 0. The zero-order valence-electron chi connectivity index (χ0n) is 33.7. The van der Waals surface area contributed by atoms with E-state index in [4.69, 9.17) is 18.9 Å². The molecule has 0 saturated heterocycles. The maximum atomic E-state index is 13.1. The van der Waals surface area contributed by atoms with Gasteiger partial charge in [-0.3, -0.25) is 14.4 Å². The summed E-state index contributed by atoms with van der Waals surface area (Å²) in [5.74, 6) is 0.852. The molecule has 0 heterocycles. The van der Waals surface area contributed by atoms with E-state index in [1.807, 2.05) is 0 Å². The number of aliphatic carboxylic acids is 1. The van der Waals surface area contributed by atoms with E-state index in [2.05, 4.69) is 48.1 Å². The van der Waals surface area contributed by atoms with E-state index >= 15 is 0 Å². The molecule has 0 spiro atoms. The second-order valence-electron chi connectivity index (χ2n) is 19.5. The second kappa shape index (κ2) is 14.6. The molecule has 1 N–H and O–H groups in total. The number of esters is 2. The van der Waals surface area contributed by atoms with Crippen LogP contribution in [0.25, 0.3) is 0 Å². The average molecular weight is 729 g/mol. The Morgan fingerprint density at radius 3 is 2.13 bits per heavy atom. The summed E-state index contributed by atoms with van der Waals surface area (Å²) in [6.07, 6.45) is 11.1. The summed E-state index contributed by atoms with van der Waals surface area (Å²) in [5.41, 5.74) is 0.446. The molecule has 0 aromatic carbocycles. The third-order valence-corrected chi connectivity index (χ3v) is 16.3. The number of hydrogen-bond donors (Lipinski definition) is 1. The number of carbonyl (C=O) groups excluding carboxylic acids is 3. The van der Waals surface area contributed by atoms with Crippen molar-refractivity contribution in [2.24, 2.45) is 62.1 Å². The van der Waals surface area contributed by atoms with Gasteiger partial charge in [0.25, 0.3) is 0 Å². The van der Waals surface area contributed by atoms with E-state index in [9.17, 15) is 24.3 Å². The highest BCUT2D eigenvalue weighted by atomic mass is 16.7. The number of allylic oxidation sites excluding steroid dienone is 1. The molecule has 5 fully saturated rings. The maximum Gasteiger partial charge on any atom is 0.508 e. The third kappa shape index (κ3) is 6.93. The van der Waals surface area contributed by atoms with Gasteiger partial charge >= 0.3 is 24.1 Å². The molecule has 0 aromatic rings. The zero-order valence-corrected chi connectivity index (χ0v) is 33.7. The van der Waals surface area contributed by atoms with Gasteiger partial charge in [-0.05, 0) is 150 Å². The molecular formula is C43H68O9. The number of fused-ring (bicyclic) bond motifs is 7. The van der Waals surface area contributed by atoms with Crippen molar-refractivity contribution in [2.45, 2.75) is 152 Å². The normalized spacial score (nSPS) is 39.1. The van der Waals surface area contributed by atoms with Crippen LogP contribution in [0.5, 0.6) is 0 Å². The molecule has 10 atom stereocenters. The highest BCUT2D eigenvalue weighted by Crippen LogP contribution is 2.78. The first-order valence-corrected chi connectivity index (χ1v) is 20.2. The highest BCUT2D eigenvalue weighted by molar-refractivity contribution is 5.81. The van der Waals surface area contributed by atoms with Gasteiger partial charge in [0.15, 0.2) is 0 Å². The van der Waals surface area contributed by atoms with E-state index < -0.39 is 23.5 Å². The SMILES string of the molecule is C=C(C)C1CC[C@]2(CCC(=O)OCCOC(=O)OCC)CC[C@]3(C)[C@H](CC[C@@H]4[C@@]5(C)CC[C@H](OC(=O)CC(C)(C)C(=O)O)C(C)(C)[C@@H]5CC[C@]43C)[C@@H]12. The van der Waals surface area contributed by atoms with E-state index in [0.29, 0.717) is 36.0 Å². The first-order chi connectivity index (χ1) is 24.2. The topological polar surface area (TPSA) is 125 Å². The molecule has 5 rings (SSSR count). The van der Waals surface area contributed by atoms with Crippen molar-refractivity contribution in [1.29, 1.82) is 0 Å². The van der Waals surface area contributed by atoms with Crippen LogP contribution < -0.4 is 0 Å². The number of hydrogen-bond acceptors (Lipinski definition) is 8. The van der Waals surface area contributed by atoms with Crippen LogP contribution in [-0.4, -0.2) is 55.1 Å². The quantitative estimate of drug-likeness (QED) is 0.0905. The molecule has 1 unspecified atom stereocenters. The van der Waals surface area contributed by atoms with Crippen molar-refractivity contribution >= 4 is 24.1 Å². The van der Waals surface area contributed by atoms with E-state index in [1.54, 1.807) is 20.8 Å². The second-order valence-corrected chi connectivity index (χ2v) is 19.5. The van der Waals surface area contributed by atoms with Gasteiger partial charge in [-0.15, -0.1) is 0 Å². The molecule has 0 aliphatic heterocycles. The zero-order chi connectivity index (χ0) is 38.5. The largest absolute Gasteiger partial charge is 0.508 e. The third-order valence-electron chi connectivity index (χ3n) is 16.3. The van der Waals surface area contributed by atoms with Crippen molar-refractivity contribution in [3.8, 4) is 0 Å². The molecule has 52 heavy (non-hydrogen) atoms. The molecule has 0 aromatic heterocycles. The summed E-state index contributed by atoms with van der Waals surface area (Å²) >= 11 is 0. The lowest BCUT2D eigenvalue weighted by Crippen LogP contribution is -2.66. The minimum atomic E-state index is -1.16. The van der Waals surface area contributed by atoms with E-state index in [1.165, 1.54) is 18.4 Å². The van der Waals surface area contributed by atoms with Crippen LogP contribution in [0.4, 0.5) is 4.79 Å². The Kier molecular flexibility index (Phi) is 11.4. The minimum Gasteiger partial charge on any atom is -0.481 e. The summed E-state index contributed by atoms with van der Waals surface area (Å²) in [4.78, 5) is 49.2. The Morgan fingerprint density at radius 1 is 0.788 bits per heavy atom. The molecule has 5 saturated carbocycles. The van der Waals surface area contributed by atoms with Crippen LogP contribution in [0.2, 0.25) is 0 Å². The molecule has 0 amide bonds. The average Bonchev–Trinajstić information content (AvgIpc) is 3.44. The molecule has 9 heteroatoms. The van der Waals surface area contributed by atoms with Crippen LogP contribution in [-0.2, 0) is 33.3 Å². The van der Waals surface area contributed by atoms with Gasteiger partial charge < -0.3 is 24.1 Å². The van der Waals surface area contributed by atoms with Gasteiger partial charge in [-0.2, -0.15) is 0 Å². The molecule has 294 valence electrons. The Labute approximate surface area is 312 Å². The standard InChI is InChI=1S/C43H68O9/c1-11-49-37(48)51-25-24-50-33(44)17-21-43-20-14-28(27(2)3)35(43)29-12-13-31-40(8)18-16-32(52-34(45)26-38(4,5)36(46)47)39(6,7)30(40)15-19-42(31,10)41(29,9)22-23-43/h28-32,35H,2,11-26H2,1,3-10H3,(H,46,47)/t28?,29-,30+,31-,32+,35-,40+,41-,42-,43+/m1/s1. The van der Waals surface area contributed by atoms with Gasteiger partial charge in [-0.25, -0.2) is 4.79 Å². The fourth-order valence-electron chi connectivity index (χ4n) is 13.4. The molecular weight excluding hydrogens is 660 g/mol. The van der Waals surface area contributed by atoms with Gasteiger partial charge in [-0.1, -0.05) is 46.8 Å². The van der Waals surface area contributed by atoms with Crippen molar-refractivity contribution < 1.29 is 43.2 Å². The fourth-order valence-corrected chi connectivity index (χ4v) is 13.4. The fraction of sp³-hybridized carbons (Fsp3) is 0.860. The number of carboxylic acids is 1. The number of carbonyl (C=O) groups is 4. The Morgan fingerprint density at radius 2 is 1.48 bits per heavy atom. The Bertz CT molecular complexity index is 1400. The lowest BCUT2D eigenvalue weighted by Gasteiger charge is -2.73. The first-order valence-electron chi connectivity index (χ1n) is 20.2. The lowest BCUT2D eigenvalue weighted by atomic mass is 9.32. The van der Waals surface area contributed by atoms with Crippen molar-refractivity contribution in [1.82, 2.24) is 0 Å². The van der Waals surface area contributed by atoms with Crippen molar-refractivity contribution in [3.63, 3.8) is 0 Å². The molecule has 5 aliphatic carbocycles. The van der Waals surface area contributed by atoms with Gasteiger partial charge in [0, 0.05) is 11.8 Å². The molecule has 0 bridgehead atoms. The van der Waals surface area contributed by atoms with E-state index in [-0.39, 0.29) is 65.4 Å². The van der Waals surface area contributed by atoms with Crippen LogP contribution in [0, 0.1) is 62.1 Å². The monoisotopic (exact) mass is 728 g/mol. The number of ether oxygens (including phenoxy) is 4. The lowest BCUT2D eigenvalue weighted by molar-refractivity contribution is -0.250. The predicted octanol–water partition coefficient (Wildman–Crippen LogP) is 9.55. The number of rotatable bonds is 12. The highest BCUT2D eigenvalue weighted by Gasteiger charge is 2.71. The number of carboxylic acid groups (broad SMARTS) is 1. The molecule has 9 nitrogen and oxygen atoms in total. The predicted molar refractivity (Wildman–Crippen MR) is 198 cm³/mol. The van der Waals surface area contributed by atoms with E-state index in [0.717, 1.165) is 57.8 Å². The Balaban J connectivity index is 1.31. The van der Waals surface area contributed by atoms with Crippen LogP contribution >= 0.6 is 0 Å². The van der Waals surface area contributed by atoms with Crippen LogP contribution in [0.3, 0.4) is 0 Å². The summed E-state index contributed by atoms with van der Waals surface area (Å²) < 4.78 is 21.4. The summed E-state index contributed by atoms with van der Waals surface area (Å²) in [6.45, 7) is 24.2. The van der Waals surface area contributed by atoms with Gasteiger partial charge in [0.1, 0.15) is 19.3 Å². The van der Waals surface area contributed by atoms with Gasteiger partial charge in [0.2, 0.25) is 0 Å². The van der Waals surface area contributed by atoms with Gasteiger partial charge in [0.05, 0.1) is 18.4 Å². The van der Waals surface area contributed by atoms with Crippen molar-refractivity contribution in [2.75, 3.05) is 19.8 Å². The maximum absolute atomic E-state index is 13.1. The Hall–Kier alpha value is -2.58. The first kappa shape index (κ1) is 40.6. The summed E-state index contributed by atoms with van der Waals surface area (Å²) in [5, 5.41) is 9.60. The van der Waals surface area contributed by atoms with Crippen LogP contribution in [0.15, 0.2) is 12.2 Å². The molecule has 5 aliphatic rings. The molecule has 0 radical (unpaired) electrons. The minimum absolute atomic E-state index is 0.00977. The van der Waals surface area contributed by atoms with Crippen LogP contribution in [0.1, 0.15) is 146 Å². The summed E-state index contributed by atoms with van der Waals surface area (Å²) in [7, 11) is 0. The smallest absolute Gasteiger partial charge is 0.481 e. The van der Waals surface area contributed by atoms with Crippen molar-refractivity contribution in [3.05, 3.63) is 12.2 Å².